The summed E-state index contributed by atoms with van der Waals surface area (Å²) in [7, 11) is -1.55. The number of amides is 1. The molecule has 1 aromatic heterocycles. The van der Waals surface area contributed by atoms with Crippen molar-refractivity contribution in [3.8, 4) is 0 Å². The molecule has 110 valence electrons. The minimum Gasteiger partial charge on any atom is -0.372 e. The van der Waals surface area contributed by atoms with Crippen LogP contribution in [0.2, 0.25) is 0 Å². The van der Waals surface area contributed by atoms with Crippen LogP contribution >= 0.6 is 0 Å². The molecule has 0 radical (unpaired) electrons. The molecular formula is C13H14N4O3S. The molecule has 0 aliphatic rings. The van der Waals surface area contributed by atoms with Gasteiger partial charge in [0.05, 0.1) is 17.3 Å². The van der Waals surface area contributed by atoms with E-state index in [1.165, 1.54) is 36.7 Å². The third-order valence-electron chi connectivity index (χ3n) is 2.68. The lowest BCUT2D eigenvalue weighted by Gasteiger charge is -2.06. The number of sulfone groups is 1. The number of nitrogens with zero attached hydrogens (tertiary/aromatic N) is 2. The quantitative estimate of drug-likeness (QED) is 0.879. The van der Waals surface area contributed by atoms with Gasteiger partial charge in [-0.3, -0.25) is 4.79 Å². The van der Waals surface area contributed by atoms with E-state index in [0.717, 1.165) is 6.26 Å². The summed E-state index contributed by atoms with van der Waals surface area (Å²) in [5.41, 5.74) is 0.646. The summed E-state index contributed by atoms with van der Waals surface area (Å²) < 4.78 is 22.7. The van der Waals surface area contributed by atoms with E-state index in [2.05, 4.69) is 20.6 Å². The van der Waals surface area contributed by atoms with Gasteiger partial charge in [-0.15, -0.1) is 0 Å². The predicted molar refractivity (Wildman–Crippen MR) is 79.1 cm³/mol. The molecule has 1 heterocycles. The van der Waals surface area contributed by atoms with Gasteiger partial charge in [0.25, 0.3) is 5.91 Å². The van der Waals surface area contributed by atoms with Crippen LogP contribution in [0.4, 0.5) is 11.5 Å². The van der Waals surface area contributed by atoms with E-state index >= 15 is 0 Å². The van der Waals surface area contributed by atoms with Crippen LogP contribution in [0, 0.1) is 0 Å². The second-order valence-electron chi connectivity index (χ2n) is 4.29. The van der Waals surface area contributed by atoms with Gasteiger partial charge in [-0.05, 0) is 24.3 Å². The monoisotopic (exact) mass is 306 g/mol. The standard InChI is InChI=1S/C13H14N4O3S/c1-14-12-8-15-11(7-16-12)13(18)17-9-3-5-10(6-4-9)21(2,19)20/h3-8H,1-2H3,(H,14,16)(H,17,18). The van der Waals surface area contributed by atoms with E-state index < -0.39 is 15.7 Å². The van der Waals surface area contributed by atoms with Gasteiger partial charge >= 0.3 is 0 Å². The molecule has 0 bridgehead atoms. The van der Waals surface area contributed by atoms with Crippen molar-refractivity contribution in [1.82, 2.24) is 9.97 Å². The molecule has 0 aliphatic carbocycles. The lowest BCUT2D eigenvalue weighted by molar-refractivity contribution is 0.102. The van der Waals surface area contributed by atoms with Crippen molar-refractivity contribution in [3.05, 3.63) is 42.4 Å². The molecule has 8 heteroatoms. The van der Waals surface area contributed by atoms with Gasteiger partial charge in [0.1, 0.15) is 11.5 Å². The number of rotatable bonds is 4. The lowest BCUT2D eigenvalue weighted by atomic mass is 10.3. The molecule has 7 nitrogen and oxygen atoms in total. The Morgan fingerprint density at radius 3 is 2.24 bits per heavy atom. The van der Waals surface area contributed by atoms with E-state index in [1.54, 1.807) is 7.05 Å². The fourth-order valence-corrected chi connectivity index (χ4v) is 2.19. The van der Waals surface area contributed by atoms with E-state index in [9.17, 15) is 13.2 Å². The van der Waals surface area contributed by atoms with Crippen LogP contribution in [0.15, 0.2) is 41.6 Å². The van der Waals surface area contributed by atoms with E-state index in [0.29, 0.717) is 11.5 Å². The Morgan fingerprint density at radius 2 is 1.76 bits per heavy atom. The highest BCUT2D eigenvalue weighted by Crippen LogP contribution is 2.14. The van der Waals surface area contributed by atoms with Crippen molar-refractivity contribution in [2.45, 2.75) is 4.90 Å². The van der Waals surface area contributed by atoms with E-state index in [1.807, 2.05) is 0 Å². The van der Waals surface area contributed by atoms with Crippen LogP contribution in [0.3, 0.4) is 0 Å². The van der Waals surface area contributed by atoms with Gasteiger partial charge in [0.15, 0.2) is 9.84 Å². The smallest absolute Gasteiger partial charge is 0.275 e. The average Bonchev–Trinajstić information content (AvgIpc) is 2.47. The van der Waals surface area contributed by atoms with Gasteiger partial charge in [0, 0.05) is 19.0 Å². The number of hydrogen-bond donors (Lipinski definition) is 2. The highest BCUT2D eigenvalue weighted by Gasteiger charge is 2.10. The van der Waals surface area contributed by atoms with Gasteiger partial charge in [0.2, 0.25) is 0 Å². The Hall–Kier alpha value is -2.48. The highest BCUT2D eigenvalue weighted by atomic mass is 32.2. The van der Waals surface area contributed by atoms with Gasteiger partial charge in [-0.2, -0.15) is 0 Å². The number of aromatic nitrogens is 2. The van der Waals surface area contributed by atoms with Crippen LogP contribution in [-0.4, -0.2) is 37.6 Å². The van der Waals surface area contributed by atoms with E-state index in [4.69, 9.17) is 0 Å². The van der Waals surface area contributed by atoms with Crippen molar-refractivity contribution in [2.24, 2.45) is 0 Å². The van der Waals surface area contributed by atoms with Crippen molar-refractivity contribution in [1.29, 1.82) is 0 Å². The zero-order valence-corrected chi connectivity index (χ0v) is 12.3. The maximum absolute atomic E-state index is 11.9. The predicted octanol–water partition coefficient (Wildman–Crippen LogP) is 1.17. The number of anilines is 2. The molecule has 0 spiro atoms. The molecule has 0 saturated heterocycles. The molecule has 0 atom stereocenters. The normalized spacial score (nSPS) is 11.0. The third-order valence-corrected chi connectivity index (χ3v) is 3.81. The molecule has 1 aromatic carbocycles. The molecule has 2 aromatic rings. The molecule has 2 N–H and O–H groups in total. The Bertz CT molecular complexity index is 740. The minimum absolute atomic E-state index is 0.168. The fourth-order valence-electron chi connectivity index (χ4n) is 1.55. The molecule has 21 heavy (non-hydrogen) atoms. The van der Waals surface area contributed by atoms with Gasteiger partial charge in [-0.25, -0.2) is 18.4 Å². The van der Waals surface area contributed by atoms with Crippen molar-refractivity contribution >= 4 is 27.2 Å². The molecule has 0 saturated carbocycles. The molecular weight excluding hydrogens is 292 g/mol. The largest absolute Gasteiger partial charge is 0.372 e. The maximum atomic E-state index is 11.9. The zero-order valence-electron chi connectivity index (χ0n) is 11.5. The first-order chi connectivity index (χ1) is 9.90. The van der Waals surface area contributed by atoms with Gasteiger partial charge in [-0.1, -0.05) is 0 Å². The fraction of sp³-hybridized carbons (Fsp3) is 0.154. The van der Waals surface area contributed by atoms with E-state index in [-0.39, 0.29) is 10.6 Å². The Morgan fingerprint density at radius 1 is 1.10 bits per heavy atom. The van der Waals surface area contributed by atoms with Crippen molar-refractivity contribution < 1.29 is 13.2 Å². The SMILES string of the molecule is CNc1cnc(C(=O)Nc2ccc(S(C)(=O)=O)cc2)cn1. The first-order valence-corrected chi connectivity index (χ1v) is 7.90. The summed E-state index contributed by atoms with van der Waals surface area (Å²) in [6.07, 6.45) is 3.92. The first-order valence-electron chi connectivity index (χ1n) is 6.01. The maximum Gasteiger partial charge on any atom is 0.275 e. The minimum atomic E-state index is -3.25. The van der Waals surface area contributed by atoms with Crippen LogP contribution in [0.5, 0.6) is 0 Å². The molecule has 1 amide bonds. The van der Waals surface area contributed by atoms with Gasteiger partial charge < -0.3 is 10.6 Å². The number of benzene rings is 1. The molecule has 0 aliphatic heterocycles. The number of hydrogen-bond acceptors (Lipinski definition) is 6. The summed E-state index contributed by atoms with van der Waals surface area (Å²) in [5.74, 6) is 0.140. The molecule has 2 rings (SSSR count). The first kappa shape index (κ1) is 14.9. The number of carbonyl (C=O) groups excluding carboxylic acids is 1. The summed E-state index contributed by atoms with van der Waals surface area (Å²) in [6, 6.07) is 5.90. The number of carbonyl (C=O) groups is 1. The van der Waals surface area contributed by atoms with Crippen LogP contribution in [0.25, 0.3) is 0 Å². The topological polar surface area (TPSA) is 101 Å². The summed E-state index contributed by atoms with van der Waals surface area (Å²) in [4.78, 5) is 20.1. The van der Waals surface area contributed by atoms with Crippen LogP contribution in [-0.2, 0) is 9.84 Å². The Labute approximate surface area is 122 Å². The summed E-state index contributed by atoms with van der Waals surface area (Å²) >= 11 is 0. The zero-order chi connectivity index (χ0) is 15.5. The summed E-state index contributed by atoms with van der Waals surface area (Å²) in [6.45, 7) is 0. The molecule has 0 fully saturated rings. The third kappa shape index (κ3) is 3.76. The summed E-state index contributed by atoms with van der Waals surface area (Å²) in [5, 5.41) is 5.42. The average molecular weight is 306 g/mol. The second kappa shape index (κ2) is 5.88. The Kier molecular flexibility index (Phi) is 4.18. The molecule has 0 unspecified atom stereocenters. The van der Waals surface area contributed by atoms with Crippen LogP contribution < -0.4 is 10.6 Å². The second-order valence-corrected chi connectivity index (χ2v) is 6.30. The number of nitrogens with one attached hydrogen (secondary N) is 2. The van der Waals surface area contributed by atoms with Crippen molar-refractivity contribution in [2.75, 3.05) is 23.9 Å². The lowest BCUT2D eigenvalue weighted by Crippen LogP contribution is -2.14. The Balaban J connectivity index is 2.12. The highest BCUT2D eigenvalue weighted by molar-refractivity contribution is 7.90. The van der Waals surface area contributed by atoms with Crippen molar-refractivity contribution in [3.63, 3.8) is 0 Å². The van der Waals surface area contributed by atoms with Crippen LogP contribution in [0.1, 0.15) is 10.5 Å².